The van der Waals surface area contributed by atoms with Crippen LogP contribution in [0.5, 0.6) is 0 Å². The Morgan fingerprint density at radius 3 is 3.22 bits per heavy atom. The molecule has 1 unspecified atom stereocenters. The van der Waals surface area contributed by atoms with Crippen molar-refractivity contribution >= 4 is 11.6 Å². The maximum Gasteiger partial charge on any atom is 0.176 e. The van der Waals surface area contributed by atoms with E-state index in [0.717, 1.165) is 6.42 Å². The van der Waals surface area contributed by atoms with Gasteiger partial charge in [0.1, 0.15) is 5.76 Å². The minimum absolute atomic E-state index is 0.114. The molecular weight excluding hydrogens is 235 g/mol. The molecule has 1 saturated heterocycles. The Hall–Kier alpha value is -1.62. The fourth-order valence-corrected chi connectivity index (χ4v) is 1.85. The van der Waals surface area contributed by atoms with Gasteiger partial charge in [-0.25, -0.2) is 9.37 Å². The van der Waals surface area contributed by atoms with E-state index in [2.05, 4.69) is 16.9 Å². The van der Waals surface area contributed by atoms with Crippen molar-refractivity contribution in [3.8, 4) is 0 Å². The standard InChI is InChI=1S/C13H17FN2O2/c1-3-18-9(2)11-4-6-15-13(12(11)14)16-10-5-7-17-8-10/h4,6,10H,2-3,5,7-8H2,1H3,(H,15,16). The van der Waals surface area contributed by atoms with E-state index in [-0.39, 0.29) is 11.9 Å². The number of hydrogen-bond donors (Lipinski definition) is 1. The van der Waals surface area contributed by atoms with Gasteiger partial charge in [-0.15, -0.1) is 0 Å². The third-order valence-electron chi connectivity index (χ3n) is 2.78. The van der Waals surface area contributed by atoms with Crippen LogP contribution in [0.2, 0.25) is 0 Å². The fourth-order valence-electron chi connectivity index (χ4n) is 1.85. The molecule has 0 aromatic carbocycles. The highest BCUT2D eigenvalue weighted by Gasteiger charge is 2.19. The molecule has 1 aliphatic rings. The second kappa shape index (κ2) is 5.82. The minimum atomic E-state index is -0.428. The summed E-state index contributed by atoms with van der Waals surface area (Å²) in [6.45, 7) is 7.28. The van der Waals surface area contributed by atoms with Crippen LogP contribution >= 0.6 is 0 Å². The largest absolute Gasteiger partial charge is 0.494 e. The maximum atomic E-state index is 14.2. The number of aromatic nitrogens is 1. The summed E-state index contributed by atoms with van der Waals surface area (Å²) in [5, 5.41) is 3.04. The van der Waals surface area contributed by atoms with Crippen LogP contribution in [0.4, 0.5) is 10.2 Å². The molecule has 2 heterocycles. The van der Waals surface area contributed by atoms with Crippen LogP contribution in [0.25, 0.3) is 5.76 Å². The Balaban J connectivity index is 2.15. The predicted molar refractivity (Wildman–Crippen MR) is 67.7 cm³/mol. The Labute approximate surface area is 106 Å². The van der Waals surface area contributed by atoms with Crippen molar-refractivity contribution in [2.24, 2.45) is 0 Å². The summed E-state index contributed by atoms with van der Waals surface area (Å²) in [4.78, 5) is 4.01. The van der Waals surface area contributed by atoms with Crippen LogP contribution in [0.3, 0.4) is 0 Å². The number of nitrogens with zero attached hydrogens (tertiary/aromatic N) is 1. The summed E-state index contributed by atoms with van der Waals surface area (Å²) in [6.07, 6.45) is 2.40. The third kappa shape index (κ3) is 2.79. The first-order valence-electron chi connectivity index (χ1n) is 6.03. The van der Waals surface area contributed by atoms with E-state index >= 15 is 0 Å². The topological polar surface area (TPSA) is 43.4 Å². The lowest BCUT2D eigenvalue weighted by atomic mass is 10.2. The van der Waals surface area contributed by atoms with Gasteiger partial charge in [-0.2, -0.15) is 0 Å². The molecule has 2 rings (SSSR count). The van der Waals surface area contributed by atoms with Gasteiger partial charge in [0.25, 0.3) is 0 Å². The number of anilines is 1. The van der Waals surface area contributed by atoms with Gasteiger partial charge in [0.2, 0.25) is 0 Å². The zero-order chi connectivity index (χ0) is 13.0. The maximum absolute atomic E-state index is 14.2. The van der Waals surface area contributed by atoms with Gasteiger partial charge in [-0.3, -0.25) is 0 Å². The Kier molecular flexibility index (Phi) is 4.15. The van der Waals surface area contributed by atoms with Crippen LogP contribution in [0, 0.1) is 5.82 Å². The van der Waals surface area contributed by atoms with Crippen molar-refractivity contribution in [3.05, 3.63) is 30.2 Å². The van der Waals surface area contributed by atoms with Crippen LogP contribution in [-0.2, 0) is 9.47 Å². The van der Waals surface area contributed by atoms with Gasteiger partial charge in [-0.1, -0.05) is 6.58 Å². The fraction of sp³-hybridized carbons (Fsp3) is 0.462. The van der Waals surface area contributed by atoms with E-state index in [1.807, 2.05) is 6.92 Å². The molecule has 0 bridgehead atoms. The van der Waals surface area contributed by atoms with Gasteiger partial charge in [0, 0.05) is 12.8 Å². The lowest BCUT2D eigenvalue weighted by molar-refractivity contribution is 0.195. The zero-order valence-corrected chi connectivity index (χ0v) is 10.4. The summed E-state index contributed by atoms with van der Waals surface area (Å²) < 4.78 is 24.6. The lowest BCUT2D eigenvalue weighted by Gasteiger charge is -2.14. The van der Waals surface area contributed by atoms with Crippen molar-refractivity contribution in [2.75, 3.05) is 25.1 Å². The van der Waals surface area contributed by atoms with Crippen LogP contribution in [0.1, 0.15) is 18.9 Å². The molecule has 4 nitrogen and oxygen atoms in total. The summed E-state index contributed by atoms with van der Waals surface area (Å²) >= 11 is 0. The molecule has 1 aliphatic heterocycles. The molecule has 98 valence electrons. The number of pyridine rings is 1. The second-order valence-corrected chi connectivity index (χ2v) is 4.08. The van der Waals surface area contributed by atoms with Crippen LogP contribution in [0.15, 0.2) is 18.8 Å². The summed E-state index contributed by atoms with van der Waals surface area (Å²) in [7, 11) is 0. The van der Waals surface area contributed by atoms with E-state index < -0.39 is 5.82 Å². The molecule has 1 fully saturated rings. The van der Waals surface area contributed by atoms with Crippen LogP contribution in [-0.4, -0.2) is 30.8 Å². The Morgan fingerprint density at radius 1 is 1.72 bits per heavy atom. The SMILES string of the molecule is C=C(OCC)c1ccnc(NC2CCOC2)c1F. The van der Waals surface area contributed by atoms with Gasteiger partial charge in [0.15, 0.2) is 11.6 Å². The first-order chi connectivity index (χ1) is 8.72. The number of rotatable bonds is 5. The second-order valence-electron chi connectivity index (χ2n) is 4.08. The van der Waals surface area contributed by atoms with Crippen molar-refractivity contribution in [2.45, 2.75) is 19.4 Å². The van der Waals surface area contributed by atoms with Crippen molar-refractivity contribution in [1.29, 1.82) is 0 Å². The molecule has 1 N–H and O–H groups in total. The highest BCUT2D eigenvalue weighted by molar-refractivity contribution is 5.61. The number of hydrogen-bond acceptors (Lipinski definition) is 4. The highest BCUT2D eigenvalue weighted by Crippen LogP contribution is 2.23. The van der Waals surface area contributed by atoms with E-state index in [1.54, 1.807) is 12.3 Å². The Morgan fingerprint density at radius 2 is 2.56 bits per heavy atom. The van der Waals surface area contributed by atoms with Crippen molar-refractivity contribution < 1.29 is 13.9 Å². The first-order valence-corrected chi connectivity index (χ1v) is 6.03. The number of halogens is 1. The molecule has 5 heteroatoms. The third-order valence-corrected chi connectivity index (χ3v) is 2.78. The molecule has 18 heavy (non-hydrogen) atoms. The van der Waals surface area contributed by atoms with Crippen molar-refractivity contribution in [3.63, 3.8) is 0 Å². The van der Waals surface area contributed by atoms with Crippen molar-refractivity contribution in [1.82, 2.24) is 4.98 Å². The summed E-state index contributed by atoms with van der Waals surface area (Å²) in [6, 6.07) is 1.67. The molecular formula is C13H17FN2O2. The highest BCUT2D eigenvalue weighted by atomic mass is 19.1. The number of ether oxygens (including phenoxy) is 2. The van der Waals surface area contributed by atoms with Gasteiger partial charge in [0.05, 0.1) is 24.8 Å². The molecule has 0 aliphatic carbocycles. The molecule has 0 amide bonds. The summed E-state index contributed by atoms with van der Waals surface area (Å²) in [5.74, 6) is 0.120. The summed E-state index contributed by atoms with van der Waals surface area (Å²) in [5.41, 5.74) is 0.341. The zero-order valence-electron chi connectivity index (χ0n) is 10.4. The average Bonchev–Trinajstić information content (AvgIpc) is 2.85. The monoisotopic (exact) mass is 252 g/mol. The molecule has 1 atom stereocenters. The quantitative estimate of drug-likeness (QED) is 0.817. The van der Waals surface area contributed by atoms with Crippen LogP contribution < -0.4 is 5.32 Å². The van der Waals surface area contributed by atoms with E-state index in [9.17, 15) is 4.39 Å². The molecule has 0 spiro atoms. The van der Waals surface area contributed by atoms with Gasteiger partial charge < -0.3 is 14.8 Å². The lowest BCUT2D eigenvalue weighted by Crippen LogP contribution is -2.21. The van der Waals surface area contributed by atoms with Gasteiger partial charge >= 0.3 is 0 Å². The Bertz CT molecular complexity index is 431. The normalized spacial score (nSPS) is 18.7. The molecule has 1 aromatic rings. The van der Waals surface area contributed by atoms with E-state index in [4.69, 9.17) is 9.47 Å². The minimum Gasteiger partial charge on any atom is -0.494 e. The average molecular weight is 252 g/mol. The number of nitrogens with one attached hydrogen (secondary N) is 1. The molecule has 0 radical (unpaired) electrons. The van der Waals surface area contributed by atoms with Gasteiger partial charge in [-0.05, 0) is 19.4 Å². The van der Waals surface area contributed by atoms with E-state index in [1.165, 1.54) is 0 Å². The predicted octanol–water partition coefficient (Wildman–Crippen LogP) is 2.43. The molecule has 0 saturated carbocycles. The van der Waals surface area contributed by atoms with E-state index in [0.29, 0.717) is 31.1 Å². The smallest absolute Gasteiger partial charge is 0.176 e. The molecule has 1 aromatic heterocycles. The first kappa shape index (κ1) is 12.8.